The highest BCUT2D eigenvalue weighted by molar-refractivity contribution is 5.76. The summed E-state index contributed by atoms with van der Waals surface area (Å²) in [6.45, 7) is 4.28. The van der Waals surface area contributed by atoms with Gasteiger partial charge >= 0.3 is 0 Å². The van der Waals surface area contributed by atoms with Gasteiger partial charge in [0.1, 0.15) is 12.0 Å². The minimum Gasteiger partial charge on any atom is -0.359 e. The van der Waals surface area contributed by atoms with E-state index >= 15 is 0 Å². The molecular weight excluding hydrogens is 368 g/mol. The van der Waals surface area contributed by atoms with Crippen LogP contribution in [0.3, 0.4) is 0 Å². The summed E-state index contributed by atoms with van der Waals surface area (Å²) in [5, 5.41) is 8.30. The first-order valence-corrected chi connectivity index (χ1v) is 9.43. The normalized spacial score (nSPS) is 11.1. The Morgan fingerprint density at radius 3 is 2.79 bits per heavy atom. The Kier molecular flexibility index (Phi) is 5.07. The number of carbonyl (C=O) groups is 1. The van der Waals surface area contributed by atoms with Gasteiger partial charge in [-0.15, -0.1) is 0 Å². The largest absolute Gasteiger partial charge is 0.359 e. The number of aryl methyl sites for hydroxylation is 2. The van der Waals surface area contributed by atoms with E-state index in [2.05, 4.69) is 20.2 Å². The summed E-state index contributed by atoms with van der Waals surface area (Å²) < 4.78 is 7.11. The van der Waals surface area contributed by atoms with Crippen LogP contribution in [0.25, 0.3) is 17.0 Å². The lowest BCUT2D eigenvalue weighted by Gasteiger charge is -2.16. The van der Waals surface area contributed by atoms with Crippen molar-refractivity contribution in [3.05, 3.63) is 65.4 Å². The molecule has 0 bridgehead atoms. The molecule has 0 saturated carbocycles. The monoisotopic (exact) mass is 390 g/mol. The highest BCUT2D eigenvalue weighted by Gasteiger charge is 2.16. The minimum absolute atomic E-state index is 0.0279. The molecule has 0 spiro atoms. The van der Waals surface area contributed by atoms with Gasteiger partial charge in [0.05, 0.1) is 6.54 Å². The van der Waals surface area contributed by atoms with E-state index in [-0.39, 0.29) is 5.91 Å². The van der Waals surface area contributed by atoms with E-state index in [4.69, 9.17) is 4.52 Å². The number of carbonyl (C=O) groups excluding carboxylic acids is 1. The fourth-order valence-electron chi connectivity index (χ4n) is 3.39. The van der Waals surface area contributed by atoms with Crippen molar-refractivity contribution in [1.29, 1.82) is 0 Å². The lowest BCUT2D eigenvalue weighted by atomic mass is 10.1. The maximum absolute atomic E-state index is 12.6. The molecule has 29 heavy (non-hydrogen) atoms. The van der Waals surface area contributed by atoms with Crippen LogP contribution < -0.4 is 0 Å². The van der Waals surface area contributed by atoms with Crippen molar-refractivity contribution >= 4 is 11.7 Å². The van der Waals surface area contributed by atoms with Crippen LogP contribution in [0.15, 0.2) is 47.2 Å². The van der Waals surface area contributed by atoms with Crippen LogP contribution in [0.2, 0.25) is 0 Å². The van der Waals surface area contributed by atoms with Crippen molar-refractivity contribution in [3.8, 4) is 11.3 Å². The smallest absolute Gasteiger partial charge is 0.252 e. The van der Waals surface area contributed by atoms with Crippen LogP contribution in [-0.4, -0.2) is 42.6 Å². The number of benzene rings is 1. The second-order valence-electron chi connectivity index (χ2n) is 7.03. The molecule has 8 heteroatoms. The summed E-state index contributed by atoms with van der Waals surface area (Å²) in [4.78, 5) is 22.9. The Morgan fingerprint density at radius 2 is 2.00 bits per heavy atom. The molecule has 4 aromatic rings. The number of amides is 1. The lowest BCUT2D eigenvalue weighted by Crippen LogP contribution is -2.26. The van der Waals surface area contributed by atoms with Crippen LogP contribution in [0, 0.1) is 13.8 Å². The molecule has 0 aliphatic heterocycles. The molecule has 0 N–H and O–H groups in total. The maximum atomic E-state index is 12.6. The summed E-state index contributed by atoms with van der Waals surface area (Å²) in [5.41, 5.74) is 4.61. The molecule has 8 nitrogen and oxygen atoms in total. The molecule has 3 heterocycles. The second kappa shape index (κ2) is 7.83. The van der Waals surface area contributed by atoms with E-state index in [0.717, 1.165) is 28.2 Å². The van der Waals surface area contributed by atoms with Gasteiger partial charge in [-0.05, 0) is 25.8 Å². The highest BCUT2D eigenvalue weighted by Crippen LogP contribution is 2.20. The standard InChI is InChI=1S/C21H22N6O2/c1-14-18(15(2)27-21(24-14)22-13-23-27)9-10-20(28)26(3)12-17-11-19(25-29-17)16-7-5-4-6-8-16/h4-8,11,13H,9-10,12H2,1-3H3. The first-order valence-electron chi connectivity index (χ1n) is 9.43. The van der Waals surface area contributed by atoms with Gasteiger partial charge in [-0.2, -0.15) is 10.1 Å². The Labute approximate surface area is 168 Å². The molecule has 4 rings (SSSR count). The zero-order chi connectivity index (χ0) is 20.4. The van der Waals surface area contributed by atoms with E-state index in [1.165, 1.54) is 6.33 Å². The molecule has 1 amide bonds. The molecule has 0 aliphatic rings. The van der Waals surface area contributed by atoms with E-state index in [0.29, 0.717) is 30.9 Å². The average molecular weight is 390 g/mol. The maximum Gasteiger partial charge on any atom is 0.252 e. The SMILES string of the molecule is Cc1nc2ncnn2c(C)c1CCC(=O)N(C)Cc1cc(-c2ccccc2)no1. The van der Waals surface area contributed by atoms with E-state index in [9.17, 15) is 4.79 Å². The lowest BCUT2D eigenvalue weighted by molar-refractivity contribution is -0.130. The van der Waals surface area contributed by atoms with E-state index < -0.39 is 0 Å². The molecule has 0 radical (unpaired) electrons. The van der Waals surface area contributed by atoms with Gasteiger partial charge in [-0.3, -0.25) is 4.79 Å². The third kappa shape index (κ3) is 3.87. The predicted molar refractivity (Wildman–Crippen MR) is 107 cm³/mol. The topological polar surface area (TPSA) is 89.4 Å². The molecular formula is C21H22N6O2. The van der Waals surface area contributed by atoms with Crippen molar-refractivity contribution in [2.75, 3.05) is 7.05 Å². The van der Waals surface area contributed by atoms with Gasteiger partial charge < -0.3 is 9.42 Å². The number of fused-ring (bicyclic) bond motifs is 1. The van der Waals surface area contributed by atoms with Crippen molar-refractivity contribution in [2.24, 2.45) is 0 Å². The fourth-order valence-corrected chi connectivity index (χ4v) is 3.39. The fraction of sp³-hybridized carbons (Fsp3) is 0.286. The van der Waals surface area contributed by atoms with Crippen molar-refractivity contribution < 1.29 is 9.32 Å². The Morgan fingerprint density at radius 1 is 1.21 bits per heavy atom. The Bertz CT molecular complexity index is 1150. The van der Waals surface area contributed by atoms with Crippen LogP contribution in [0.5, 0.6) is 0 Å². The van der Waals surface area contributed by atoms with Crippen LogP contribution in [0.1, 0.15) is 29.1 Å². The molecule has 0 saturated heterocycles. The number of aromatic nitrogens is 5. The summed E-state index contributed by atoms with van der Waals surface area (Å²) in [7, 11) is 1.77. The number of rotatable bonds is 6. The molecule has 148 valence electrons. The second-order valence-corrected chi connectivity index (χ2v) is 7.03. The van der Waals surface area contributed by atoms with E-state index in [1.54, 1.807) is 16.5 Å². The van der Waals surface area contributed by atoms with Gasteiger partial charge in [0.2, 0.25) is 5.91 Å². The predicted octanol–water partition coefficient (Wildman–Crippen LogP) is 2.99. The number of hydrogen-bond donors (Lipinski definition) is 0. The van der Waals surface area contributed by atoms with Crippen molar-refractivity contribution in [1.82, 2.24) is 29.6 Å². The Hall–Kier alpha value is -3.55. The summed E-state index contributed by atoms with van der Waals surface area (Å²) in [6, 6.07) is 11.7. The van der Waals surface area contributed by atoms with E-state index in [1.807, 2.05) is 50.2 Å². The number of nitrogens with zero attached hydrogens (tertiary/aromatic N) is 6. The third-order valence-electron chi connectivity index (χ3n) is 5.02. The van der Waals surface area contributed by atoms with Crippen LogP contribution in [0.4, 0.5) is 0 Å². The van der Waals surface area contributed by atoms with Gasteiger partial charge in [0.25, 0.3) is 5.78 Å². The first kappa shape index (κ1) is 18.8. The molecule has 1 aromatic carbocycles. The van der Waals surface area contributed by atoms with Gasteiger partial charge in [-0.1, -0.05) is 35.5 Å². The molecule has 0 fully saturated rings. The molecule has 3 aromatic heterocycles. The summed E-state index contributed by atoms with van der Waals surface area (Å²) in [6.07, 6.45) is 2.45. The van der Waals surface area contributed by atoms with Gasteiger partial charge in [0.15, 0.2) is 5.76 Å². The number of hydrogen-bond acceptors (Lipinski definition) is 6. The zero-order valence-corrected chi connectivity index (χ0v) is 16.7. The van der Waals surface area contributed by atoms with Crippen LogP contribution in [-0.2, 0) is 17.8 Å². The molecule has 0 unspecified atom stereocenters. The van der Waals surface area contributed by atoms with Gasteiger partial charge in [-0.25, -0.2) is 9.50 Å². The first-order chi connectivity index (χ1) is 14.0. The third-order valence-corrected chi connectivity index (χ3v) is 5.02. The molecule has 0 atom stereocenters. The van der Waals surface area contributed by atoms with Crippen LogP contribution >= 0.6 is 0 Å². The van der Waals surface area contributed by atoms with Gasteiger partial charge in [0, 0.05) is 36.5 Å². The molecule has 0 aliphatic carbocycles. The zero-order valence-electron chi connectivity index (χ0n) is 16.7. The average Bonchev–Trinajstić information content (AvgIpc) is 3.38. The minimum atomic E-state index is 0.0279. The highest BCUT2D eigenvalue weighted by atomic mass is 16.5. The quantitative estimate of drug-likeness (QED) is 0.503. The summed E-state index contributed by atoms with van der Waals surface area (Å²) >= 11 is 0. The Balaban J connectivity index is 1.40. The summed E-state index contributed by atoms with van der Waals surface area (Å²) in [5.74, 6) is 1.25. The van der Waals surface area contributed by atoms with Crippen molar-refractivity contribution in [2.45, 2.75) is 33.2 Å². The van der Waals surface area contributed by atoms with Crippen molar-refractivity contribution in [3.63, 3.8) is 0 Å².